The number of pyridine rings is 1. The number of ketones is 1. The van der Waals surface area contributed by atoms with Gasteiger partial charge in [-0.15, -0.1) is 0 Å². The molecule has 1 aromatic heterocycles. The van der Waals surface area contributed by atoms with Crippen LogP contribution in [0.1, 0.15) is 6.92 Å². The summed E-state index contributed by atoms with van der Waals surface area (Å²) in [5.74, 6) is 0.565. The Morgan fingerprint density at radius 3 is 2.92 bits per heavy atom. The third-order valence-corrected chi connectivity index (χ3v) is 1.33. The lowest BCUT2D eigenvalue weighted by Crippen LogP contribution is -2.09. The van der Waals surface area contributed by atoms with Crippen molar-refractivity contribution in [3.05, 3.63) is 18.3 Å². The lowest BCUT2D eigenvalue weighted by atomic mass is 10.4. The van der Waals surface area contributed by atoms with Crippen LogP contribution >= 0.6 is 0 Å². The molecule has 1 heterocycles. The topological polar surface area (TPSA) is 68.0 Å². The van der Waals surface area contributed by atoms with E-state index in [1.165, 1.54) is 6.92 Å². The fraction of sp³-hybridized carbons (Fsp3) is 0.250. The van der Waals surface area contributed by atoms with E-state index in [1.54, 1.807) is 18.3 Å². The van der Waals surface area contributed by atoms with E-state index in [0.717, 1.165) is 5.69 Å². The standard InChI is InChI=1S/C8H11N3O/c1-6(12)4-10-7-2-3-8(9)11-5-7/h2-3,5,10H,4H2,1H3,(H2,9,11). The Labute approximate surface area is 70.8 Å². The quantitative estimate of drug-likeness (QED) is 0.690. The molecule has 4 heteroatoms. The molecule has 4 nitrogen and oxygen atoms in total. The predicted molar refractivity (Wildman–Crippen MR) is 47.8 cm³/mol. The highest BCUT2D eigenvalue weighted by Crippen LogP contribution is 2.05. The number of nitrogens with zero attached hydrogens (tertiary/aromatic N) is 1. The van der Waals surface area contributed by atoms with Gasteiger partial charge in [-0.3, -0.25) is 4.79 Å². The van der Waals surface area contributed by atoms with Crippen LogP contribution in [0, 0.1) is 0 Å². The Balaban J connectivity index is 2.53. The Hall–Kier alpha value is -1.58. The van der Waals surface area contributed by atoms with Gasteiger partial charge in [0.2, 0.25) is 0 Å². The summed E-state index contributed by atoms with van der Waals surface area (Å²) in [5.41, 5.74) is 6.18. The molecule has 0 saturated heterocycles. The molecule has 0 aliphatic carbocycles. The van der Waals surface area contributed by atoms with E-state index in [1.807, 2.05) is 0 Å². The smallest absolute Gasteiger partial charge is 0.148 e. The van der Waals surface area contributed by atoms with E-state index in [0.29, 0.717) is 12.4 Å². The maximum Gasteiger partial charge on any atom is 0.148 e. The molecule has 0 fully saturated rings. The molecular weight excluding hydrogens is 154 g/mol. The number of Topliss-reactive ketones (excluding diaryl/α,β-unsaturated/α-hetero) is 1. The van der Waals surface area contributed by atoms with Crippen LogP contribution in [0.15, 0.2) is 18.3 Å². The fourth-order valence-electron chi connectivity index (χ4n) is 0.736. The molecule has 3 N–H and O–H groups in total. The normalized spacial score (nSPS) is 9.42. The summed E-state index contributed by atoms with van der Waals surface area (Å²) in [6, 6.07) is 3.47. The van der Waals surface area contributed by atoms with Crippen molar-refractivity contribution >= 4 is 17.3 Å². The van der Waals surface area contributed by atoms with E-state index in [9.17, 15) is 4.79 Å². The summed E-state index contributed by atoms with van der Waals surface area (Å²) in [5, 5.41) is 2.90. The van der Waals surface area contributed by atoms with Gasteiger partial charge in [-0.05, 0) is 19.1 Å². The van der Waals surface area contributed by atoms with Crippen LogP contribution in [-0.2, 0) is 4.79 Å². The van der Waals surface area contributed by atoms with Gasteiger partial charge < -0.3 is 11.1 Å². The molecule has 64 valence electrons. The van der Waals surface area contributed by atoms with Crippen molar-refractivity contribution in [1.82, 2.24) is 4.98 Å². The molecular formula is C8H11N3O. The molecule has 0 bridgehead atoms. The second kappa shape index (κ2) is 3.71. The van der Waals surface area contributed by atoms with Crippen molar-refractivity contribution in [2.24, 2.45) is 0 Å². The van der Waals surface area contributed by atoms with Gasteiger partial charge >= 0.3 is 0 Å². The summed E-state index contributed by atoms with van der Waals surface area (Å²) in [4.78, 5) is 14.4. The monoisotopic (exact) mass is 165 g/mol. The third kappa shape index (κ3) is 2.57. The Kier molecular flexibility index (Phi) is 2.63. The zero-order valence-electron chi connectivity index (χ0n) is 6.87. The lowest BCUT2D eigenvalue weighted by Gasteiger charge is -2.02. The molecule has 0 aliphatic rings. The van der Waals surface area contributed by atoms with Gasteiger partial charge in [0.25, 0.3) is 0 Å². The van der Waals surface area contributed by atoms with Gasteiger partial charge in [0.15, 0.2) is 0 Å². The molecule has 0 aliphatic heterocycles. The van der Waals surface area contributed by atoms with Crippen LogP contribution in [0.4, 0.5) is 11.5 Å². The van der Waals surface area contributed by atoms with Crippen LogP contribution in [0.25, 0.3) is 0 Å². The summed E-state index contributed by atoms with van der Waals surface area (Å²) in [6.07, 6.45) is 1.60. The zero-order chi connectivity index (χ0) is 8.97. The minimum Gasteiger partial charge on any atom is -0.384 e. The average Bonchev–Trinajstić information content (AvgIpc) is 2.03. The number of nitrogens with one attached hydrogen (secondary N) is 1. The first-order valence-electron chi connectivity index (χ1n) is 3.63. The van der Waals surface area contributed by atoms with Gasteiger partial charge in [-0.1, -0.05) is 0 Å². The number of rotatable bonds is 3. The second-order valence-electron chi connectivity index (χ2n) is 2.53. The molecule has 12 heavy (non-hydrogen) atoms. The van der Waals surface area contributed by atoms with Crippen molar-refractivity contribution in [2.75, 3.05) is 17.6 Å². The number of aromatic nitrogens is 1. The largest absolute Gasteiger partial charge is 0.384 e. The first-order valence-corrected chi connectivity index (χ1v) is 3.63. The highest BCUT2D eigenvalue weighted by atomic mass is 16.1. The zero-order valence-corrected chi connectivity index (χ0v) is 6.87. The predicted octanol–water partition coefficient (Wildman–Crippen LogP) is 0.665. The molecule has 0 unspecified atom stereocenters. The fourth-order valence-corrected chi connectivity index (χ4v) is 0.736. The van der Waals surface area contributed by atoms with Gasteiger partial charge in [0.1, 0.15) is 11.6 Å². The van der Waals surface area contributed by atoms with Crippen molar-refractivity contribution in [2.45, 2.75) is 6.92 Å². The molecule has 0 spiro atoms. The molecule has 0 radical (unpaired) electrons. The molecule has 0 amide bonds. The summed E-state index contributed by atoms with van der Waals surface area (Å²) < 4.78 is 0. The van der Waals surface area contributed by atoms with Crippen LogP contribution in [0.2, 0.25) is 0 Å². The maximum atomic E-state index is 10.6. The summed E-state index contributed by atoms with van der Waals surface area (Å²) >= 11 is 0. The van der Waals surface area contributed by atoms with Crippen molar-refractivity contribution in [3.63, 3.8) is 0 Å². The lowest BCUT2D eigenvalue weighted by molar-refractivity contribution is -0.115. The van der Waals surface area contributed by atoms with Crippen LogP contribution in [-0.4, -0.2) is 17.3 Å². The number of carbonyl (C=O) groups is 1. The third-order valence-electron chi connectivity index (χ3n) is 1.33. The first kappa shape index (κ1) is 8.52. The Bertz CT molecular complexity index is 268. The SMILES string of the molecule is CC(=O)CNc1ccc(N)nc1. The minimum atomic E-state index is 0.0897. The highest BCUT2D eigenvalue weighted by molar-refractivity contribution is 5.80. The molecule has 1 aromatic rings. The van der Waals surface area contributed by atoms with Crippen LogP contribution in [0.5, 0.6) is 0 Å². The number of nitrogens with two attached hydrogens (primary N) is 1. The Morgan fingerprint density at radius 2 is 2.42 bits per heavy atom. The number of carbonyl (C=O) groups excluding carboxylic acids is 1. The first-order chi connectivity index (χ1) is 5.68. The van der Waals surface area contributed by atoms with E-state index < -0.39 is 0 Å². The van der Waals surface area contributed by atoms with E-state index in [4.69, 9.17) is 5.73 Å². The van der Waals surface area contributed by atoms with E-state index in [2.05, 4.69) is 10.3 Å². The molecule has 0 saturated carbocycles. The number of hydrogen-bond acceptors (Lipinski definition) is 4. The van der Waals surface area contributed by atoms with Crippen LogP contribution in [0.3, 0.4) is 0 Å². The number of anilines is 2. The summed E-state index contributed by atoms with van der Waals surface area (Å²) in [6.45, 7) is 1.85. The maximum absolute atomic E-state index is 10.6. The van der Waals surface area contributed by atoms with Crippen molar-refractivity contribution in [3.8, 4) is 0 Å². The second-order valence-corrected chi connectivity index (χ2v) is 2.53. The van der Waals surface area contributed by atoms with E-state index >= 15 is 0 Å². The van der Waals surface area contributed by atoms with Crippen molar-refractivity contribution in [1.29, 1.82) is 0 Å². The highest BCUT2D eigenvalue weighted by Gasteiger charge is 1.93. The molecule has 0 atom stereocenters. The van der Waals surface area contributed by atoms with Crippen LogP contribution < -0.4 is 11.1 Å². The van der Waals surface area contributed by atoms with Gasteiger partial charge in [-0.2, -0.15) is 0 Å². The van der Waals surface area contributed by atoms with Crippen molar-refractivity contribution < 1.29 is 4.79 Å². The van der Waals surface area contributed by atoms with Gasteiger partial charge in [0, 0.05) is 0 Å². The molecule has 0 aromatic carbocycles. The molecule has 1 rings (SSSR count). The number of nitrogen functional groups attached to an aromatic ring is 1. The Morgan fingerprint density at radius 1 is 1.67 bits per heavy atom. The summed E-state index contributed by atoms with van der Waals surface area (Å²) in [7, 11) is 0. The van der Waals surface area contributed by atoms with Gasteiger partial charge in [-0.25, -0.2) is 4.98 Å². The van der Waals surface area contributed by atoms with E-state index in [-0.39, 0.29) is 5.78 Å². The van der Waals surface area contributed by atoms with Gasteiger partial charge in [0.05, 0.1) is 18.4 Å². The minimum absolute atomic E-state index is 0.0897. The average molecular weight is 165 g/mol. The number of hydrogen-bond donors (Lipinski definition) is 2.